The van der Waals surface area contributed by atoms with Gasteiger partial charge in [-0.15, -0.1) is 0 Å². The third-order valence-corrected chi connectivity index (χ3v) is 3.48. The molecule has 2 rings (SSSR count). The summed E-state index contributed by atoms with van der Waals surface area (Å²) in [5.74, 6) is 2.22. The molecule has 2 aromatic carbocycles. The maximum atomic E-state index is 12.4. The second kappa shape index (κ2) is 8.10. The van der Waals surface area contributed by atoms with Crippen molar-refractivity contribution in [2.75, 3.05) is 28.4 Å². The molecule has 0 atom stereocenters. The maximum Gasteiger partial charge on any atom is 0.251 e. The molecule has 24 heavy (non-hydrogen) atoms. The van der Waals surface area contributed by atoms with Gasteiger partial charge >= 0.3 is 0 Å². The molecule has 0 saturated heterocycles. The van der Waals surface area contributed by atoms with Gasteiger partial charge in [0.25, 0.3) is 5.91 Å². The quantitative estimate of drug-likeness (QED) is 0.845. The monoisotopic (exact) mass is 331 g/mol. The van der Waals surface area contributed by atoms with Crippen LogP contribution in [0.2, 0.25) is 0 Å². The fraction of sp³-hybridized carbons (Fsp3) is 0.278. The van der Waals surface area contributed by atoms with Crippen molar-refractivity contribution in [2.24, 2.45) is 0 Å². The van der Waals surface area contributed by atoms with Gasteiger partial charge in [-0.2, -0.15) is 0 Å². The summed E-state index contributed by atoms with van der Waals surface area (Å²) in [6.45, 7) is 0.339. The van der Waals surface area contributed by atoms with Crippen molar-refractivity contribution in [3.63, 3.8) is 0 Å². The molecule has 0 aliphatic rings. The number of benzene rings is 2. The topological polar surface area (TPSA) is 66.0 Å². The normalized spacial score (nSPS) is 10.0. The summed E-state index contributed by atoms with van der Waals surface area (Å²) in [5, 5.41) is 2.86. The number of ether oxygens (including phenoxy) is 4. The molecule has 1 amide bonds. The van der Waals surface area contributed by atoms with Gasteiger partial charge < -0.3 is 24.3 Å². The number of amides is 1. The zero-order valence-corrected chi connectivity index (χ0v) is 14.2. The molecule has 1 N–H and O–H groups in total. The third-order valence-electron chi connectivity index (χ3n) is 3.48. The molecule has 0 aromatic heterocycles. The van der Waals surface area contributed by atoms with Crippen LogP contribution in [0.5, 0.6) is 23.0 Å². The van der Waals surface area contributed by atoms with E-state index in [2.05, 4.69) is 5.32 Å². The zero-order valence-electron chi connectivity index (χ0n) is 14.2. The minimum Gasteiger partial charge on any atom is -0.497 e. The summed E-state index contributed by atoms with van der Waals surface area (Å²) in [4.78, 5) is 12.4. The number of nitrogens with one attached hydrogen (secondary N) is 1. The van der Waals surface area contributed by atoms with E-state index in [-0.39, 0.29) is 5.91 Å². The molecule has 0 aliphatic carbocycles. The Bertz CT molecular complexity index is 670. The first-order valence-electron chi connectivity index (χ1n) is 7.32. The number of carbonyl (C=O) groups excluding carboxylic acids is 1. The molecule has 128 valence electrons. The van der Waals surface area contributed by atoms with E-state index in [1.807, 2.05) is 12.1 Å². The van der Waals surface area contributed by atoms with Crippen LogP contribution in [0.15, 0.2) is 36.4 Å². The Morgan fingerprint density at radius 1 is 0.750 bits per heavy atom. The van der Waals surface area contributed by atoms with E-state index in [0.29, 0.717) is 35.1 Å². The molecule has 0 radical (unpaired) electrons. The summed E-state index contributed by atoms with van der Waals surface area (Å²) < 4.78 is 20.8. The molecule has 0 aliphatic heterocycles. The molecule has 0 bridgehead atoms. The lowest BCUT2D eigenvalue weighted by Crippen LogP contribution is -2.22. The highest BCUT2D eigenvalue weighted by molar-refractivity contribution is 5.95. The van der Waals surface area contributed by atoms with Gasteiger partial charge in [-0.05, 0) is 29.8 Å². The van der Waals surface area contributed by atoms with E-state index in [1.54, 1.807) is 52.7 Å². The van der Waals surface area contributed by atoms with Crippen molar-refractivity contribution in [3.05, 3.63) is 47.5 Å². The van der Waals surface area contributed by atoms with Crippen LogP contribution in [0.25, 0.3) is 0 Å². The van der Waals surface area contributed by atoms with E-state index in [9.17, 15) is 4.79 Å². The van der Waals surface area contributed by atoms with Crippen LogP contribution in [0.3, 0.4) is 0 Å². The SMILES string of the molecule is COc1cc(CNC(=O)c2cc(OC)cc(OC)c2)cc(OC)c1. The second-order valence-corrected chi connectivity index (χ2v) is 5.00. The molecule has 6 nitrogen and oxygen atoms in total. The summed E-state index contributed by atoms with van der Waals surface area (Å²) in [5.41, 5.74) is 1.33. The Balaban J connectivity index is 2.13. The molecule has 0 heterocycles. The molecule has 0 spiro atoms. The largest absolute Gasteiger partial charge is 0.497 e. The molecule has 2 aromatic rings. The Kier molecular flexibility index (Phi) is 5.89. The highest BCUT2D eigenvalue weighted by Crippen LogP contribution is 2.24. The van der Waals surface area contributed by atoms with Crippen LogP contribution in [-0.4, -0.2) is 34.3 Å². The van der Waals surface area contributed by atoms with Gasteiger partial charge in [-0.3, -0.25) is 4.79 Å². The van der Waals surface area contributed by atoms with E-state index in [0.717, 1.165) is 5.56 Å². The first kappa shape index (κ1) is 17.5. The van der Waals surface area contributed by atoms with Crippen molar-refractivity contribution >= 4 is 5.91 Å². The van der Waals surface area contributed by atoms with E-state index in [1.165, 1.54) is 0 Å². The van der Waals surface area contributed by atoms with Crippen molar-refractivity contribution < 1.29 is 23.7 Å². The number of rotatable bonds is 7. The average Bonchev–Trinajstić information content (AvgIpc) is 2.64. The number of hydrogen-bond acceptors (Lipinski definition) is 5. The van der Waals surface area contributed by atoms with Gasteiger partial charge in [0.15, 0.2) is 0 Å². The summed E-state index contributed by atoms with van der Waals surface area (Å²) in [6, 6.07) is 10.5. The first-order chi connectivity index (χ1) is 11.6. The standard InChI is InChI=1S/C18H21NO5/c1-21-14-5-12(6-15(9-14)22-2)11-19-18(20)13-7-16(23-3)10-17(8-13)24-4/h5-10H,11H2,1-4H3,(H,19,20). The summed E-state index contributed by atoms with van der Waals surface area (Å²) in [6.07, 6.45) is 0. The predicted molar refractivity (Wildman–Crippen MR) is 90.3 cm³/mol. The number of carbonyl (C=O) groups is 1. The van der Waals surface area contributed by atoms with Crippen LogP contribution in [0.4, 0.5) is 0 Å². The first-order valence-corrected chi connectivity index (χ1v) is 7.32. The maximum absolute atomic E-state index is 12.4. The Morgan fingerprint density at radius 2 is 1.17 bits per heavy atom. The fourth-order valence-corrected chi connectivity index (χ4v) is 2.19. The molecule has 0 fully saturated rings. The van der Waals surface area contributed by atoms with Gasteiger partial charge in [0.2, 0.25) is 0 Å². The molecular weight excluding hydrogens is 310 g/mol. The molecule has 0 saturated carbocycles. The highest BCUT2D eigenvalue weighted by atomic mass is 16.5. The van der Waals surface area contributed by atoms with Crippen LogP contribution in [-0.2, 0) is 6.54 Å². The zero-order chi connectivity index (χ0) is 17.5. The fourth-order valence-electron chi connectivity index (χ4n) is 2.19. The van der Waals surface area contributed by atoms with Gasteiger partial charge in [0, 0.05) is 24.2 Å². The summed E-state index contributed by atoms with van der Waals surface area (Å²) >= 11 is 0. The highest BCUT2D eigenvalue weighted by Gasteiger charge is 2.10. The average molecular weight is 331 g/mol. The molecule has 6 heteroatoms. The lowest BCUT2D eigenvalue weighted by molar-refractivity contribution is 0.0950. The van der Waals surface area contributed by atoms with Crippen molar-refractivity contribution in [1.82, 2.24) is 5.32 Å². The summed E-state index contributed by atoms with van der Waals surface area (Å²) in [7, 11) is 6.25. The predicted octanol–water partition coefficient (Wildman–Crippen LogP) is 2.65. The van der Waals surface area contributed by atoms with Crippen LogP contribution >= 0.6 is 0 Å². The Labute approximate surface area is 141 Å². The second-order valence-electron chi connectivity index (χ2n) is 5.00. The minimum absolute atomic E-state index is 0.228. The van der Waals surface area contributed by atoms with Gasteiger partial charge in [-0.1, -0.05) is 0 Å². The number of hydrogen-bond donors (Lipinski definition) is 1. The third kappa shape index (κ3) is 4.32. The van der Waals surface area contributed by atoms with E-state index in [4.69, 9.17) is 18.9 Å². The van der Waals surface area contributed by atoms with Crippen LogP contribution in [0, 0.1) is 0 Å². The van der Waals surface area contributed by atoms with Crippen molar-refractivity contribution in [3.8, 4) is 23.0 Å². The van der Waals surface area contributed by atoms with Gasteiger partial charge in [-0.25, -0.2) is 0 Å². The number of methoxy groups -OCH3 is 4. The lowest BCUT2D eigenvalue weighted by atomic mass is 10.1. The van der Waals surface area contributed by atoms with Crippen molar-refractivity contribution in [1.29, 1.82) is 0 Å². The van der Waals surface area contributed by atoms with Gasteiger partial charge in [0.05, 0.1) is 28.4 Å². The Hall–Kier alpha value is -2.89. The molecule has 0 unspecified atom stereocenters. The van der Waals surface area contributed by atoms with Crippen LogP contribution in [0.1, 0.15) is 15.9 Å². The minimum atomic E-state index is -0.228. The van der Waals surface area contributed by atoms with Crippen LogP contribution < -0.4 is 24.3 Å². The van der Waals surface area contributed by atoms with Gasteiger partial charge in [0.1, 0.15) is 23.0 Å². The van der Waals surface area contributed by atoms with Crippen molar-refractivity contribution in [2.45, 2.75) is 6.54 Å². The molecular formula is C18H21NO5. The smallest absolute Gasteiger partial charge is 0.251 e. The lowest BCUT2D eigenvalue weighted by Gasteiger charge is -2.11. The van der Waals surface area contributed by atoms with E-state index < -0.39 is 0 Å². The van der Waals surface area contributed by atoms with E-state index >= 15 is 0 Å². The Morgan fingerprint density at radius 3 is 1.58 bits per heavy atom.